The maximum Gasteiger partial charge on any atom is 2.00 e. The number of rotatable bonds is 0. The largest absolute Gasteiger partial charge is 2.00 e. The fourth-order valence-corrected chi connectivity index (χ4v) is 0. The van der Waals surface area contributed by atoms with Crippen LogP contribution in [0.15, 0.2) is 0 Å². The molecular formula is CH2Ca3O11SSi. The van der Waals surface area contributed by atoms with Gasteiger partial charge in [-0.25, -0.2) is 0 Å². The molecule has 0 rings (SSSR count). The normalized spacial score (nSPS) is 6.24. The van der Waals surface area contributed by atoms with Crippen molar-refractivity contribution in [2.45, 2.75) is 0 Å². The van der Waals surface area contributed by atoms with E-state index in [4.69, 9.17) is 46.6 Å². The van der Waals surface area contributed by atoms with Crippen molar-refractivity contribution in [3.8, 4) is 0 Å². The second-order valence-electron chi connectivity index (χ2n) is 0.908. The van der Waals surface area contributed by atoms with Crippen LogP contribution in [-0.4, -0.2) is 152 Å². The van der Waals surface area contributed by atoms with Crippen molar-refractivity contribution in [1.29, 1.82) is 0 Å². The van der Waals surface area contributed by atoms with Crippen LogP contribution >= 0.6 is 0 Å². The van der Waals surface area contributed by atoms with Gasteiger partial charge >= 0.3 is 113 Å². The van der Waals surface area contributed by atoms with Crippen molar-refractivity contribution in [1.82, 2.24) is 0 Å². The molecule has 88 valence electrons. The molecule has 0 bridgehead atoms. The third kappa shape index (κ3) is 808. The Morgan fingerprint density at radius 2 is 0.941 bits per heavy atom. The summed E-state index contributed by atoms with van der Waals surface area (Å²) in [6.45, 7) is 0. The van der Waals surface area contributed by atoms with Crippen LogP contribution in [0.4, 0.5) is 4.79 Å². The van der Waals surface area contributed by atoms with Gasteiger partial charge in [0.1, 0.15) is 0 Å². The number of hydrogen-bond donors (Lipinski definition) is 0. The monoisotopic (exact) mass is 370 g/mol. The first-order valence-electron chi connectivity index (χ1n) is 1.89. The minimum absolute atomic E-state index is 0. The summed E-state index contributed by atoms with van der Waals surface area (Å²) in [7, 11) is -8.80. The summed E-state index contributed by atoms with van der Waals surface area (Å²) < 4.78 is 42.6. The molecule has 0 saturated heterocycles. The van der Waals surface area contributed by atoms with Crippen LogP contribution in [0, 0.1) is 0 Å². The quantitative estimate of drug-likeness (QED) is 0.221. The van der Waals surface area contributed by atoms with Crippen LogP contribution in [0.2, 0.25) is 0 Å². The Bertz CT molecular complexity index is 221. The third-order valence-corrected chi connectivity index (χ3v) is 0. The van der Waals surface area contributed by atoms with E-state index >= 15 is 0 Å². The van der Waals surface area contributed by atoms with Gasteiger partial charge in [-0.2, -0.15) is 0 Å². The van der Waals surface area contributed by atoms with E-state index in [1.807, 2.05) is 0 Å². The van der Waals surface area contributed by atoms with Gasteiger partial charge in [0.2, 0.25) is 0 Å². The summed E-state index contributed by atoms with van der Waals surface area (Å²) in [6.07, 6.45) is -2.33. The van der Waals surface area contributed by atoms with Crippen LogP contribution in [0.3, 0.4) is 0 Å². The van der Waals surface area contributed by atoms with Crippen LogP contribution in [-0.2, 0) is 14.9 Å². The number of carbonyl (C=O) groups excluding carboxylic acids is 1. The Kier molecular flexibility index (Phi) is 67.7. The van der Waals surface area contributed by atoms with Gasteiger partial charge in [0.25, 0.3) is 0 Å². The molecule has 0 unspecified atom stereocenters. The minimum Gasteiger partial charge on any atom is -0.759 e. The zero-order valence-corrected chi connectivity index (χ0v) is 16.6. The van der Waals surface area contributed by atoms with Crippen LogP contribution in [0.25, 0.3) is 0 Å². The summed E-state index contributed by atoms with van der Waals surface area (Å²) in [6, 6.07) is 0. The molecule has 0 amide bonds. The van der Waals surface area contributed by atoms with Crippen molar-refractivity contribution in [3.63, 3.8) is 0 Å². The SMILES string of the molecule is O.O=C([O-])[O-].O=S(=O)([O-])[O-].O=[Si]([O-])[O-].[Ca+2].[Ca+2].[Ca+2]. The zero-order valence-electron chi connectivity index (χ0n) is 8.11. The van der Waals surface area contributed by atoms with Crippen molar-refractivity contribution in [2.24, 2.45) is 0 Å². The van der Waals surface area contributed by atoms with Gasteiger partial charge < -0.3 is 43.6 Å². The van der Waals surface area contributed by atoms with E-state index in [2.05, 4.69) is 0 Å². The fraction of sp³-hybridized carbons (Fsp3) is 0. The van der Waals surface area contributed by atoms with Crippen molar-refractivity contribution in [2.75, 3.05) is 0 Å². The maximum absolute atomic E-state index is 8.52. The molecule has 0 heterocycles. The van der Waals surface area contributed by atoms with E-state index < -0.39 is 25.7 Å². The summed E-state index contributed by atoms with van der Waals surface area (Å²) in [5.41, 5.74) is 0. The molecule has 0 aliphatic rings. The van der Waals surface area contributed by atoms with Gasteiger partial charge in [-0.05, 0) is 6.16 Å². The summed E-state index contributed by atoms with van der Waals surface area (Å²) in [5.74, 6) is 0. The Labute approximate surface area is 187 Å². The van der Waals surface area contributed by atoms with Gasteiger partial charge in [-0.15, -0.1) is 0 Å². The van der Waals surface area contributed by atoms with E-state index in [-0.39, 0.29) is 119 Å². The van der Waals surface area contributed by atoms with Gasteiger partial charge in [-0.1, -0.05) is 0 Å². The molecule has 0 aromatic carbocycles. The molecule has 16 heteroatoms. The molecule has 0 saturated carbocycles. The number of carboxylic acid groups (broad SMARTS) is 2. The second kappa shape index (κ2) is 26.9. The van der Waals surface area contributed by atoms with Gasteiger partial charge in [0.05, 0.1) is 0 Å². The Morgan fingerprint density at radius 3 is 0.941 bits per heavy atom. The predicted octanol–water partition coefficient (Wildman–Crippen LogP) is -8.63. The maximum atomic E-state index is 8.52. The van der Waals surface area contributed by atoms with E-state index in [1.165, 1.54) is 0 Å². The van der Waals surface area contributed by atoms with Crippen molar-refractivity contribution in [3.05, 3.63) is 0 Å². The first-order valence-corrected chi connectivity index (χ1v) is 4.45. The topological polar surface area (TPSA) is 238 Å². The molecule has 0 aromatic rings. The van der Waals surface area contributed by atoms with E-state index in [1.54, 1.807) is 0 Å². The van der Waals surface area contributed by atoms with Crippen LogP contribution in [0.1, 0.15) is 0 Å². The van der Waals surface area contributed by atoms with E-state index in [0.717, 1.165) is 0 Å². The number of carbonyl (C=O) groups is 1. The molecule has 0 atom stereocenters. The zero-order chi connectivity index (χ0) is 11.7. The molecule has 17 heavy (non-hydrogen) atoms. The molecule has 0 radical (unpaired) electrons. The molecule has 0 fully saturated rings. The smallest absolute Gasteiger partial charge is 0.759 e. The summed E-state index contributed by atoms with van der Waals surface area (Å²) in [4.78, 5) is 25.4. The fourth-order valence-electron chi connectivity index (χ4n) is 0. The first-order chi connectivity index (χ1) is 5.46. The minimum atomic E-state index is -5.17. The van der Waals surface area contributed by atoms with Crippen molar-refractivity contribution >= 4 is 139 Å². The molecule has 0 aliphatic carbocycles. The standard InChI is InChI=1S/CH2O3.3Ca.H2O4S.O3Si.H2O/c2-1(3)4;;;;1-5(2,3)4;1-4(2)3;/h(H2,2,3,4);;;;(H2,1,2,3,4);;1H2/q;3*+2;;-2;/p-4. The Morgan fingerprint density at radius 1 is 0.941 bits per heavy atom. The Balaban J connectivity index is -0.0000000159. The predicted molar refractivity (Wildman–Crippen MR) is 43.2 cm³/mol. The van der Waals surface area contributed by atoms with Crippen molar-refractivity contribution < 1.29 is 52.1 Å². The molecule has 0 aromatic heterocycles. The molecule has 0 spiro atoms. The van der Waals surface area contributed by atoms with Crippen LogP contribution in [0.5, 0.6) is 0 Å². The molecular weight excluding hydrogens is 368 g/mol. The second-order valence-corrected chi connectivity index (χ2v) is 2.22. The van der Waals surface area contributed by atoms with E-state index in [9.17, 15) is 0 Å². The average Bonchev–Trinajstić information content (AvgIpc) is 1.50. The van der Waals surface area contributed by atoms with Gasteiger partial charge in [-0.3, -0.25) is 8.42 Å². The van der Waals surface area contributed by atoms with Gasteiger partial charge in [0.15, 0.2) is 0 Å². The summed E-state index contributed by atoms with van der Waals surface area (Å²) >= 11 is 0. The van der Waals surface area contributed by atoms with E-state index in [0.29, 0.717) is 0 Å². The third-order valence-electron chi connectivity index (χ3n) is 0. The number of hydrogen-bond acceptors (Lipinski definition) is 10. The molecule has 11 nitrogen and oxygen atoms in total. The molecule has 0 aliphatic heterocycles. The van der Waals surface area contributed by atoms with Crippen LogP contribution < -0.4 is 19.8 Å². The summed E-state index contributed by atoms with van der Waals surface area (Å²) in [5, 5.41) is 16.7. The average molecular weight is 370 g/mol. The first kappa shape index (κ1) is 42.7. The van der Waals surface area contributed by atoms with Gasteiger partial charge in [0, 0.05) is 19.6 Å². The Hall–Kier alpha value is 2.50. The molecule has 2 N–H and O–H groups in total.